The highest BCUT2D eigenvalue weighted by molar-refractivity contribution is 7.98. The molecule has 0 aliphatic carbocycles. The molecule has 22 heavy (non-hydrogen) atoms. The Morgan fingerprint density at radius 3 is 2.82 bits per heavy atom. The predicted octanol–water partition coefficient (Wildman–Crippen LogP) is 0.664. The molecule has 2 aromatic rings. The third kappa shape index (κ3) is 4.20. The molecule has 0 spiro atoms. The van der Waals surface area contributed by atoms with Gasteiger partial charge in [0, 0.05) is 24.0 Å². The third-order valence-electron chi connectivity index (χ3n) is 3.17. The van der Waals surface area contributed by atoms with Gasteiger partial charge < -0.3 is 10.3 Å². The minimum Gasteiger partial charge on any atom is -0.354 e. The predicted molar refractivity (Wildman–Crippen MR) is 85.1 cm³/mol. The number of nitrogens with one attached hydrogen (secondary N) is 2. The van der Waals surface area contributed by atoms with Crippen molar-refractivity contribution in [3.63, 3.8) is 0 Å². The molecule has 0 aromatic carbocycles. The van der Waals surface area contributed by atoms with Gasteiger partial charge in [0.15, 0.2) is 5.16 Å². The van der Waals surface area contributed by atoms with Crippen LogP contribution in [0, 0.1) is 13.8 Å². The molecule has 2 aromatic heterocycles. The van der Waals surface area contributed by atoms with Crippen molar-refractivity contribution in [3.05, 3.63) is 39.6 Å². The number of hydrogen-bond donors (Lipinski definition) is 2. The highest BCUT2D eigenvalue weighted by Gasteiger charge is 2.12. The van der Waals surface area contributed by atoms with E-state index in [2.05, 4.69) is 20.4 Å². The molecule has 7 nitrogen and oxygen atoms in total. The van der Waals surface area contributed by atoms with E-state index >= 15 is 0 Å². The quantitative estimate of drug-likeness (QED) is 0.602. The molecule has 0 radical (unpaired) electrons. The molecule has 118 valence electrons. The molecule has 0 saturated heterocycles. The second-order valence-corrected chi connectivity index (χ2v) is 5.68. The van der Waals surface area contributed by atoms with Crippen LogP contribution in [-0.4, -0.2) is 38.5 Å². The first-order valence-electron chi connectivity index (χ1n) is 6.90. The van der Waals surface area contributed by atoms with Crippen molar-refractivity contribution in [2.24, 2.45) is 0 Å². The first-order valence-corrected chi connectivity index (χ1v) is 8.12. The number of hydrogen-bond acceptors (Lipinski definition) is 5. The Kier molecular flexibility index (Phi) is 5.37. The molecule has 2 rings (SSSR count). The summed E-state index contributed by atoms with van der Waals surface area (Å²) < 4.78 is 1.77. The Morgan fingerprint density at radius 2 is 2.23 bits per heavy atom. The van der Waals surface area contributed by atoms with Crippen molar-refractivity contribution in [2.45, 2.75) is 32.0 Å². The van der Waals surface area contributed by atoms with Crippen molar-refractivity contribution < 1.29 is 4.79 Å². The van der Waals surface area contributed by atoms with E-state index in [1.807, 2.05) is 25.4 Å². The third-order valence-corrected chi connectivity index (χ3v) is 3.75. The number of amides is 1. The van der Waals surface area contributed by atoms with Gasteiger partial charge in [0.05, 0.1) is 18.7 Å². The van der Waals surface area contributed by atoms with Gasteiger partial charge in [-0.15, -0.1) is 0 Å². The summed E-state index contributed by atoms with van der Waals surface area (Å²) in [5.74, 6) is -0.198. The highest BCUT2D eigenvalue weighted by Crippen LogP contribution is 2.08. The lowest BCUT2D eigenvalue weighted by atomic mass is 10.1. The number of H-pyrrole nitrogens is 1. The van der Waals surface area contributed by atoms with Gasteiger partial charge in [-0.05, 0) is 26.2 Å². The van der Waals surface area contributed by atoms with Crippen molar-refractivity contribution >= 4 is 17.7 Å². The number of carbonyl (C=O) groups excluding carboxylic acids is 1. The van der Waals surface area contributed by atoms with Crippen molar-refractivity contribution in [2.75, 3.05) is 12.8 Å². The minimum atomic E-state index is -0.255. The van der Waals surface area contributed by atoms with E-state index in [-0.39, 0.29) is 17.9 Å². The van der Waals surface area contributed by atoms with E-state index in [1.54, 1.807) is 11.6 Å². The van der Waals surface area contributed by atoms with Gasteiger partial charge in [0.1, 0.15) is 0 Å². The lowest BCUT2D eigenvalue weighted by molar-refractivity contribution is -0.120. The number of aromatic nitrogens is 4. The summed E-state index contributed by atoms with van der Waals surface area (Å²) in [6, 6.07) is 1.91. The Labute approximate surface area is 132 Å². The number of rotatable bonds is 6. The maximum Gasteiger partial charge on any atom is 0.255 e. The SMILES string of the molecule is CSc1nc(C)c(CC(=O)NCCn2ccc(C)n2)c(=O)[nH]1. The largest absolute Gasteiger partial charge is 0.354 e. The van der Waals surface area contributed by atoms with Crippen LogP contribution in [0.3, 0.4) is 0 Å². The summed E-state index contributed by atoms with van der Waals surface area (Å²) in [6.45, 7) is 4.71. The Bertz CT molecular complexity index is 722. The zero-order valence-electron chi connectivity index (χ0n) is 12.8. The van der Waals surface area contributed by atoms with Crippen molar-refractivity contribution in [1.82, 2.24) is 25.1 Å². The van der Waals surface area contributed by atoms with Gasteiger partial charge in [0.2, 0.25) is 5.91 Å². The zero-order chi connectivity index (χ0) is 16.1. The van der Waals surface area contributed by atoms with Crippen LogP contribution in [0.25, 0.3) is 0 Å². The first-order chi connectivity index (χ1) is 10.5. The van der Waals surface area contributed by atoms with E-state index in [0.29, 0.717) is 29.5 Å². The van der Waals surface area contributed by atoms with Crippen molar-refractivity contribution in [1.29, 1.82) is 0 Å². The smallest absolute Gasteiger partial charge is 0.255 e. The van der Waals surface area contributed by atoms with E-state index in [4.69, 9.17) is 0 Å². The topological polar surface area (TPSA) is 92.7 Å². The highest BCUT2D eigenvalue weighted by atomic mass is 32.2. The molecule has 0 atom stereocenters. The molecule has 0 saturated carbocycles. The van der Waals surface area contributed by atoms with Gasteiger partial charge in [-0.1, -0.05) is 11.8 Å². The maximum atomic E-state index is 12.0. The Morgan fingerprint density at radius 1 is 1.45 bits per heavy atom. The van der Waals surface area contributed by atoms with Crippen LogP contribution in [0.2, 0.25) is 0 Å². The average Bonchev–Trinajstić information content (AvgIpc) is 2.88. The van der Waals surface area contributed by atoms with Crippen LogP contribution < -0.4 is 10.9 Å². The van der Waals surface area contributed by atoms with Crippen LogP contribution in [0.4, 0.5) is 0 Å². The average molecular weight is 321 g/mol. The normalized spacial score (nSPS) is 10.7. The van der Waals surface area contributed by atoms with Gasteiger partial charge >= 0.3 is 0 Å². The van der Waals surface area contributed by atoms with Crippen molar-refractivity contribution in [3.8, 4) is 0 Å². The Hall–Kier alpha value is -2.09. The van der Waals surface area contributed by atoms with E-state index in [1.165, 1.54) is 11.8 Å². The molecular formula is C14H19N5O2S. The maximum absolute atomic E-state index is 12.0. The van der Waals surface area contributed by atoms with E-state index in [0.717, 1.165) is 5.69 Å². The standard InChI is InChI=1S/C14H19N5O2S/c1-9-4-6-19(18-9)7-5-15-12(20)8-11-10(2)16-14(22-3)17-13(11)21/h4,6H,5,7-8H2,1-3H3,(H,15,20)(H,16,17,21). The van der Waals surface area contributed by atoms with Gasteiger partial charge in [0.25, 0.3) is 5.56 Å². The van der Waals surface area contributed by atoms with Crippen LogP contribution >= 0.6 is 11.8 Å². The number of nitrogens with zero attached hydrogens (tertiary/aromatic N) is 3. The monoisotopic (exact) mass is 321 g/mol. The molecular weight excluding hydrogens is 302 g/mol. The molecule has 0 bridgehead atoms. The lowest BCUT2D eigenvalue weighted by Gasteiger charge is -2.07. The summed E-state index contributed by atoms with van der Waals surface area (Å²) in [4.78, 5) is 30.8. The fourth-order valence-corrected chi connectivity index (χ4v) is 2.43. The van der Waals surface area contributed by atoms with Crippen LogP contribution in [0.15, 0.2) is 22.2 Å². The zero-order valence-corrected chi connectivity index (χ0v) is 13.7. The molecule has 1 amide bonds. The van der Waals surface area contributed by atoms with Gasteiger partial charge in [-0.3, -0.25) is 14.3 Å². The summed E-state index contributed by atoms with van der Waals surface area (Å²) in [6.07, 6.45) is 3.73. The lowest BCUT2D eigenvalue weighted by Crippen LogP contribution is -2.31. The molecule has 0 aliphatic rings. The summed E-state index contributed by atoms with van der Waals surface area (Å²) >= 11 is 1.36. The van der Waals surface area contributed by atoms with E-state index < -0.39 is 0 Å². The molecule has 0 aliphatic heterocycles. The van der Waals surface area contributed by atoms with Crippen LogP contribution in [0.1, 0.15) is 17.0 Å². The molecule has 2 heterocycles. The number of carbonyl (C=O) groups is 1. The summed E-state index contributed by atoms with van der Waals surface area (Å²) in [5.41, 5.74) is 1.68. The number of aromatic amines is 1. The second-order valence-electron chi connectivity index (χ2n) is 4.89. The number of aryl methyl sites for hydroxylation is 2. The summed E-state index contributed by atoms with van der Waals surface area (Å²) in [7, 11) is 0. The van der Waals surface area contributed by atoms with E-state index in [9.17, 15) is 9.59 Å². The first kappa shape index (κ1) is 16.3. The van der Waals surface area contributed by atoms with Gasteiger partial charge in [-0.2, -0.15) is 5.10 Å². The fourth-order valence-electron chi connectivity index (χ4n) is 2.01. The molecule has 0 fully saturated rings. The molecule has 0 unspecified atom stereocenters. The van der Waals surface area contributed by atoms with Crippen LogP contribution in [0.5, 0.6) is 0 Å². The Balaban J connectivity index is 1.91. The number of thioether (sulfide) groups is 1. The second kappa shape index (κ2) is 7.26. The molecule has 2 N–H and O–H groups in total. The minimum absolute atomic E-state index is 0.0287. The van der Waals surface area contributed by atoms with Crippen LogP contribution in [-0.2, 0) is 17.8 Å². The van der Waals surface area contributed by atoms with Gasteiger partial charge in [-0.25, -0.2) is 4.98 Å². The molecule has 8 heteroatoms. The fraction of sp³-hybridized carbons (Fsp3) is 0.429. The summed E-state index contributed by atoms with van der Waals surface area (Å²) in [5, 5.41) is 7.58.